The molecule has 0 saturated heterocycles. The van der Waals surface area contributed by atoms with Gasteiger partial charge in [-0.25, -0.2) is 0 Å². The Balaban J connectivity index is 2.05. The molecule has 2 atom stereocenters. The molecule has 2 rings (SSSR count). The second-order valence-corrected chi connectivity index (χ2v) is 5.57. The summed E-state index contributed by atoms with van der Waals surface area (Å²) >= 11 is 0. The summed E-state index contributed by atoms with van der Waals surface area (Å²) in [7, 11) is 3.95. The zero-order valence-corrected chi connectivity index (χ0v) is 12.1. The van der Waals surface area contributed by atoms with Crippen molar-refractivity contribution in [2.75, 3.05) is 20.7 Å². The predicted molar refractivity (Wildman–Crippen MR) is 79.3 cm³/mol. The van der Waals surface area contributed by atoms with Crippen LogP contribution in [0.4, 0.5) is 0 Å². The minimum atomic E-state index is 0.615. The highest BCUT2D eigenvalue weighted by Crippen LogP contribution is 2.29. The van der Waals surface area contributed by atoms with Crippen molar-refractivity contribution in [3.63, 3.8) is 0 Å². The molecule has 1 fully saturated rings. The number of hydrogen-bond donors (Lipinski definition) is 1. The van der Waals surface area contributed by atoms with E-state index in [2.05, 4.69) is 24.1 Å². The molecule has 2 unspecified atom stereocenters. The molecule has 0 heterocycles. The van der Waals surface area contributed by atoms with Gasteiger partial charge in [0.2, 0.25) is 0 Å². The van der Waals surface area contributed by atoms with Gasteiger partial charge >= 0.3 is 0 Å². The van der Waals surface area contributed by atoms with Crippen LogP contribution in [0.1, 0.15) is 31.2 Å². The summed E-state index contributed by atoms with van der Waals surface area (Å²) in [5, 5.41) is 0. The van der Waals surface area contributed by atoms with E-state index in [1.807, 2.05) is 12.1 Å². The third kappa shape index (κ3) is 3.48. The third-order valence-electron chi connectivity index (χ3n) is 4.35. The summed E-state index contributed by atoms with van der Waals surface area (Å²) in [5.41, 5.74) is 7.19. The lowest BCUT2D eigenvalue weighted by Crippen LogP contribution is -2.42. The van der Waals surface area contributed by atoms with Crippen LogP contribution in [0.25, 0.3) is 0 Å². The molecule has 0 bridgehead atoms. The molecule has 0 radical (unpaired) electrons. The van der Waals surface area contributed by atoms with E-state index in [0.29, 0.717) is 12.0 Å². The Morgan fingerprint density at radius 1 is 1.26 bits per heavy atom. The van der Waals surface area contributed by atoms with E-state index < -0.39 is 0 Å². The van der Waals surface area contributed by atoms with Crippen molar-refractivity contribution in [3.8, 4) is 5.75 Å². The van der Waals surface area contributed by atoms with Crippen LogP contribution < -0.4 is 10.5 Å². The Hall–Kier alpha value is -1.06. The first-order valence-electron chi connectivity index (χ1n) is 7.28. The van der Waals surface area contributed by atoms with Crippen LogP contribution in [0.3, 0.4) is 0 Å². The Morgan fingerprint density at radius 2 is 2.00 bits per heavy atom. The molecule has 1 saturated carbocycles. The number of rotatable bonds is 5. The van der Waals surface area contributed by atoms with Gasteiger partial charge in [-0.2, -0.15) is 0 Å². The van der Waals surface area contributed by atoms with Crippen molar-refractivity contribution < 1.29 is 4.74 Å². The molecule has 106 valence electrons. The van der Waals surface area contributed by atoms with Crippen LogP contribution in [-0.4, -0.2) is 31.6 Å². The quantitative estimate of drug-likeness (QED) is 0.886. The summed E-state index contributed by atoms with van der Waals surface area (Å²) in [6, 6.07) is 8.89. The second kappa shape index (κ2) is 6.92. The van der Waals surface area contributed by atoms with Crippen LogP contribution in [0.2, 0.25) is 0 Å². The smallest absolute Gasteiger partial charge is 0.123 e. The Bertz CT molecular complexity index is 394. The third-order valence-corrected chi connectivity index (χ3v) is 4.35. The van der Waals surface area contributed by atoms with Crippen molar-refractivity contribution in [2.45, 2.75) is 38.3 Å². The van der Waals surface area contributed by atoms with Crippen LogP contribution in [-0.2, 0) is 6.54 Å². The van der Waals surface area contributed by atoms with Gasteiger partial charge in [-0.05, 0) is 38.4 Å². The van der Waals surface area contributed by atoms with Gasteiger partial charge in [0.05, 0.1) is 7.11 Å². The fourth-order valence-corrected chi connectivity index (χ4v) is 3.26. The van der Waals surface area contributed by atoms with E-state index in [9.17, 15) is 0 Å². The van der Waals surface area contributed by atoms with Gasteiger partial charge in [-0.15, -0.1) is 0 Å². The number of nitrogens with two attached hydrogens (primary N) is 1. The first kappa shape index (κ1) is 14.4. The molecular formula is C16H26N2O. The first-order chi connectivity index (χ1) is 9.26. The van der Waals surface area contributed by atoms with Gasteiger partial charge in [-0.1, -0.05) is 31.0 Å². The van der Waals surface area contributed by atoms with Gasteiger partial charge in [0.15, 0.2) is 0 Å². The number of nitrogens with zero attached hydrogens (tertiary/aromatic N) is 1. The lowest BCUT2D eigenvalue weighted by Gasteiger charge is -2.37. The molecule has 0 aliphatic heterocycles. The molecule has 2 N–H and O–H groups in total. The number of para-hydroxylation sites is 1. The van der Waals surface area contributed by atoms with E-state index >= 15 is 0 Å². The zero-order valence-electron chi connectivity index (χ0n) is 12.1. The molecule has 19 heavy (non-hydrogen) atoms. The van der Waals surface area contributed by atoms with Gasteiger partial charge in [0, 0.05) is 18.2 Å². The molecule has 1 aliphatic carbocycles. The van der Waals surface area contributed by atoms with E-state index in [-0.39, 0.29) is 0 Å². The topological polar surface area (TPSA) is 38.5 Å². The van der Waals surface area contributed by atoms with Crippen LogP contribution in [0.5, 0.6) is 5.75 Å². The lowest BCUT2D eigenvalue weighted by atomic mass is 9.83. The van der Waals surface area contributed by atoms with E-state index in [1.54, 1.807) is 7.11 Å². The highest BCUT2D eigenvalue weighted by molar-refractivity contribution is 5.33. The zero-order chi connectivity index (χ0) is 13.7. The summed E-state index contributed by atoms with van der Waals surface area (Å²) in [6.07, 6.45) is 5.21. The van der Waals surface area contributed by atoms with Crippen molar-refractivity contribution in [3.05, 3.63) is 29.8 Å². The number of hydrogen-bond acceptors (Lipinski definition) is 3. The number of methoxy groups -OCH3 is 1. The molecule has 0 spiro atoms. The number of ether oxygens (including phenoxy) is 1. The molecule has 0 aromatic heterocycles. The molecular weight excluding hydrogens is 236 g/mol. The number of benzene rings is 1. The van der Waals surface area contributed by atoms with Crippen molar-refractivity contribution in [1.82, 2.24) is 4.90 Å². The highest BCUT2D eigenvalue weighted by Gasteiger charge is 2.27. The minimum absolute atomic E-state index is 0.615. The fraction of sp³-hybridized carbons (Fsp3) is 0.625. The highest BCUT2D eigenvalue weighted by atomic mass is 16.5. The average molecular weight is 262 g/mol. The molecule has 1 aromatic rings. The minimum Gasteiger partial charge on any atom is -0.496 e. The molecule has 3 nitrogen and oxygen atoms in total. The largest absolute Gasteiger partial charge is 0.496 e. The van der Waals surface area contributed by atoms with Crippen molar-refractivity contribution in [1.29, 1.82) is 0 Å². The normalized spacial score (nSPS) is 23.6. The maximum absolute atomic E-state index is 5.93. The SMILES string of the molecule is COc1ccccc1CN(C)C1CCCCC1CN. The van der Waals surface area contributed by atoms with Crippen LogP contribution >= 0.6 is 0 Å². The standard InChI is InChI=1S/C16H26N2O/c1-18(15-9-5-3-7-13(15)11-17)12-14-8-4-6-10-16(14)19-2/h4,6,8,10,13,15H,3,5,7,9,11-12,17H2,1-2H3. The summed E-state index contributed by atoms with van der Waals surface area (Å²) < 4.78 is 5.44. The van der Waals surface area contributed by atoms with Crippen LogP contribution in [0, 0.1) is 5.92 Å². The van der Waals surface area contributed by atoms with Gasteiger partial charge < -0.3 is 10.5 Å². The van der Waals surface area contributed by atoms with Crippen molar-refractivity contribution in [2.24, 2.45) is 11.7 Å². The average Bonchev–Trinajstić information content (AvgIpc) is 2.47. The molecule has 3 heteroatoms. The Kier molecular flexibility index (Phi) is 5.23. The van der Waals surface area contributed by atoms with E-state index in [4.69, 9.17) is 10.5 Å². The van der Waals surface area contributed by atoms with Crippen LogP contribution in [0.15, 0.2) is 24.3 Å². The van der Waals surface area contributed by atoms with E-state index in [0.717, 1.165) is 18.8 Å². The molecule has 1 aliphatic rings. The summed E-state index contributed by atoms with van der Waals surface area (Å²) in [6.45, 7) is 1.74. The van der Waals surface area contributed by atoms with Gasteiger partial charge in [0.1, 0.15) is 5.75 Å². The first-order valence-corrected chi connectivity index (χ1v) is 7.28. The Labute approximate surface area is 116 Å². The second-order valence-electron chi connectivity index (χ2n) is 5.57. The maximum Gasteiger partial charge on any atom is 0.123 e. The maximum atomic E-state index is 5.93. The summed E-state index contributed by atoms with van der Waals surface area (Å²) in [4.78, 5) is 2.45. The van der Waals surface area contributed by atoms with E-state index in [1.165, 1.54) is 31.2 Å². The van der Waals surface area contributed by atoms with Gasteiger partial charge in [0.25, 0.3) is 0 Å². The fourth-order valence-electron chi connectivity index (χ4n) is 3.26. The monoisotopic (exact) mass is 262 g/mol. The predicted octanol–water partition coefficient (Wildman–Crippen LogP) is 2.64. The Morgan fingerprint density at radius 3 is 2.74 bits per heavy atom. The summed E-state index contributed by atoms with van der Waals surface area (Å²) in [5.74, 6) is 1.63. The van der Waals surface area contributed by atoms with Crippen molar-refractivity contribution >= 4 is 0 Å². The van der Waals surface area contributed by atoms with Gasteiger partial charge in [-0.3, -0.25) is 4.90 Å². The molecule has 0 amide bonds. The molecule has 1 aromatic carbocycles. The lowest BCUT2D eigenvalue weighted by molar-refractivity contribution is 0.126.